The Bertz CT molecular complexity index is 567. The van der Waals surface area contributed by atoms with Gasteiger partial charge in [0.15, 0.2) is 0 Å². The van der Waals surface area contributed by atoms with E-state index < -0.39 is 11.9 Å². The van der Waals surface area contributed by atoms with Crippen LogP contribution in [0.5, 0.6) is 0 Å². The number of unbranched alkanes of at least 4 members (excludes halogenated alkanes) is 5. The molecular weight excluding hydrogens is 352 g/mol. The minimum Gasteiger partial charge on any atom is -0.462 e. The van der Waals surface area contributed by atoms with E-state index in [0.29, 0.717) is 30.3 Å². The molecule has 4 nitrogen and oxygen atoms in total. The van der Waals surface area contributed by atoms with Crippen molar-refractivity contribution in [1.82, 2.24) is 0 Å². The van der Waals surface area contributed by atoms with Crippen LogP contribution in [0.25, 0.3) is 0 Å². The smallest absolute Gasteiger partial charge is 0.339 e. The fourth-order valence-electron chi connectivity index (χ4n) is 3.28. The molecule has 1 aromatic rings. The Hall–Kier alpha value is -1.84. The van der Waals surface area contributed by atoms with Crippen molar-refractivity contribution in [1.29, 1.82) is 0 Å². The van der Waals surface area contributed by atoms with Crippen LogP contribution in [-0.4, -0.2) is 25.2 Å². The van der Waals surface area contributed by atoms with Crippen molar-refractivity contribution in [3.8, 4) is 0 Å². The minimum absolute atomic E-state index is 0.293. The Morgan fingerprint density at radius 3 is 1.96 bits per heavy atom. The number of benzene rings is 1. The van der Waals surface area contributed by atoms with E-state index in [1.807, 2.05) is 0 Å². The number of ether oxygens (including phenoxy) is 2. The number of hydrogen-bond acceptors (Lipinski definition) is 4. The van der Waals surface area contributed by atoms with Crippen LogP contribution in [0.2, 0.25) is 0 Å². The molecule has 0 aliphatic rings. The van der Waals surface area contributed by atoms with Crippen LogP contribution in [0.1, 0.15) is 106 Å². The van der Waals surface area contributed by atoms with Gasteiger partial charge in [-0.1, -0.05) is 77.8 Å². The molecule has 0 amide bonds. The molecule has 1 aromatic carbocycles. The first-order chi connectivity index (χ1) is 13.6. The fraction of sp³-hybridized carbons (Fsp3) is 0.667. The highest BCUT2D eigenvalue weighted by Gasteiger charge is 2.20. The fourth-order valence-corrected chi connectivity index (χ4v) is 3.28. The Kier molecular flexibility index (Phi) is 13.1. The second-order valence-corrected chi connectivity index (χ2v) is 7.49. The molecule has 0 spiro atoms. The highest BCUT2D eigenvalue weighted by Crippen LogP contribution is 2.18. The second kappa shape index (κ2) is 15.1. The standard InChI is InChI=1S/C24H38O4/c1-4-7-9-13-18-27-23(25)21-16-11-12-17-22(21)24(26)28-19-20(14-6-3)15-10-8-5-2/h11-12,16-17,20H,4-10,13-15,18-19H2,1-3H3/t20-/m0/s1. The van der Waals surface area contributed by atoms with Gasteiger partial charge in [0.2, 0.25) is 0 Å². The van der Waals surface area contributed by atoms with Crippen molar-refractivity contribution in [2.45, 2.75) is 85.0 Å². The molecule has 28 heavy (non-hydrogen) atoms. The predicted molar refractivity (Wildman–Crippen MR) is 114 cm³/mol. The van der Waals surface area contributed by atoms with Crippen LogP contribution >= 0.6 is 0 Å². The maximum Gasteiger partial charge on any atom is 0.339 e. The summed E-state index contributed by atoms with van der Waals surface area (Å²) in [4.78, 5) is 25.0. The molecule has 0 saturated carbocycles. The van der Waals surface area contributed by atoms with Crippen molar-refractivity contribution in [3.63, 3.8) is 0 Å². The normalized spacial score (nSPS) is 11.8. The summed E-state index contributed by atoms with van der Waals surface area (Å²) in [5.41, 5.74) is 0.589. The molecule has 158 valence electrons. The van der Waals surface area contributed by atoms with Crippen molar-refractivity contribution >= 4 is 11.9 Å². The van der Waals surface area contributed by atoms with Crippen LogP contribution < -0.4 is 0 Å². The van der Waals surface area contributed by atoms with E-state index in [2.05, 4.69) is 20.8 Å². The topological polar surface area (TPSA) is 52.6 Å². The molecule has 0 heterocycles. The lowest BCUT2D eigenvalue weighted by atomic mass is 9.97. The van der Waals surface area contributed by atoms with E-state index >= 15 is 0 Å². The lowest BCUT2D eigenvalue weighted by Gasteiger charge is -2.17. The van der Waals surface area contributed by atoms with Gasteiger partial charge >= 0.3 is 11.9 Å². The van der Waals surface area contributed by atoms with Gasteiger partial charge in [0.25, 0.3) is 0 Å². The molecule has 1 atom stereocenters. The van der Waals surface area contributed by atoms with Gasteiger partial charge in [-0.3, -0.25) is 0 Å². The first kappa shape index (κ1) is 24.2. The van der Waals surface area contributed by atoms with Crippen LogP contribution in [0.4, 0.5) is 0 Å². The van der Waals surface area contributed by atoms with Crippen LogP contribution in [-0.2, 0) is 9.47 Å². The molecule has 0 radical (unpaired) electrons. The molecule has 4 heteroatoms. The third-order valence-electron chi connectivity index (χ3n) is 4.96. The first-order valence-corrected chi connectivity index (χ1v) is 11.1. The number of carbonyl (C=O) groups excluding carboxylic acids is 2. The maximum absolute atomic E-state index is 12.6. The monoisotopic (exact) mass is 390 g/mol. The van der Waals surface area contributed by atoms with Gasteiger partial charge in [-0.05, 0) is 37.3 Å². The lowest BCUT2D eigenvalue weighted by molar-refractivity contribution is 0.0401. The molecule has 0 aromatic heterocycles. The van der Waals surface area contributed by atoms with Crippen molar-refractivity contribution in [3.05, 3.63) is 35.4 Å². The van der Waals surface area contributed by atoms with E-state index in [0.717, 1.165) is 44.9 Å². The van der Waals surface area contributed by atoms with Gasteiger partial charge in [-0.2, -0.15) is 0 Å². The zero-order valence-corrected chi connectivity index (χ0v) is 18.0. The lowest BCUT2D eigenvalue weighted by Crippen LogP contribution is -2.18. The third kappa shape index (κ3) is 9.38. The molecule has 0 saturated heterocycles. The van der Waals surface area contributed by atoms with Crippen LogP contribution in [0.3, 0.4) is 0 Å². The summed E-state index contributed by atoms with van der Waals surface area (Å²) in [6.07, 6.45) is 10.9. The van der Waals surface area contributed by atoms with Crippen molar-refractivity contribution in [2.75, 3.05) is 13.2 Å². The summed E-state index contributed by atoms with van der Waals surface area (Å²) in [5.74, 6) is -0.495. The number of rotatable bonds is 15. The highest BCUT2D eigenvalue weighted by atomic mass is 16.5. The number of esters is 2. The zero-order valence-electron chi connectivity index (χ0n) is 18.0. The van der Waals surface area contributed by atoms with Gasteiger partial charge < -0.3 is 9.47 Å². The third-order valence-corrected chi connectivity index (χ3v) is 4.96. The molecular formula is C24H38O4. The summed E-state index contributed by atoms with van der Waals surface area (Å²) in [6.45, 7) is 7.28. The van der Waals surface area contributed by atoms with E-state index in [-0.39, 0.29) is 0 Å². The highest BCUT2D eigenvalue weighted by molar-refractivity contribution is 6.03. The zero-order chi connectivity index (χ0) is 20.6. The van der Waals surface area contributed by atoms with E-state index in [9.17, 15) is 9.59 Å². The van der Waals surface area contributed by atoms with E-state index in [1.165, 1.54) is 19.3 Å². The number of hydrogen-bond donors (Lipinski definition) is 0. The second-order valence-electron chi connectivity index (χ2n) is 7.49. The van der Waals surface area contributed by atoms with E-state index in [4.69, 9.17) is 9.47 Å². The largest absolute Gasteiger partial charge is 0.462 e. The Balaban J connectivity index is 2.61. The van der Waals surface area contributed by atoms with Gasteiger partial charge in [0.1, 0.15) is 0 Å². The average molecular weight is 391 g/mol. The summed E-state index contributed by atoms with van der Waals surface area (Å²) < 4.78 is 10.9. The van der Waals surface area contributed by atoms with E-state index in [1.54, 1.807) is 24.3 Å². The summed E-state index contributed by atoms with van der Waals surface area (Å²) in [5, 5.41) is 0. The Morgan fingerprint density at radius 2 is 1.36 bits per heavy atom. The maximum atomic E-state index is 12.6. The quantitative estimate of drug-likeness (QED) is 0.251. The SMILES string of the molecule is CCCCCCOC(=O)c1ccccc1C(=O)OC[C@@H](CCC)CCCCC. The average Bonchev–Trinajstić information content (AvgIpc) is 2.71. The van der Waals surface area contributed by atoms with Crippen molar-refractivity contribution in [2.24, 2.45) is 5.92 Å². The van der Waals surface area contributed by atoms with Crippen LogP contribution in [0.15, 0.2) is 24.3 Å². The molecule has 0 aliphatic carbocycles. The summed E-state index contributed by atoms with van der Waals surface area (Å²) in [6, 6.07) is 6.77. The first-order valence-electron chi connectivity index (χ1n) is 11.1. The molecule has 1 rings (SSSR count). The van der Waals surface area contributed by atoms with Gasteiger partial charge in [-0.15, -0.1) is 0 Å². The van der Waals surface area contributed by atoms with Crippen molar-refractivity contribution < 1.29 is 19.1 Å². The summed E-state index contributed by atoms with van der Waals surface area (Å²) in [7, 11) is 0. The predicted octanol–water partition coefficient (Wildman–Crippen LogP) is 6.58. The number of carbonyl (C=O) groups is 2. The minimum atomic E-state index is -0.447. The molecule has 0 aliphatic heterocycles. The van der Waals surface area contributed by atoms with Gasteiger partial charge in [0, 0.05) is 0 Å². The molecule has 0 unspecified atom stereocenters. The molecule has 0 bridgehead atoms. The molecule has 0 N–H and O–H groups in total. The Morgan fingerprint density at radius 1 is 0.750 bits per heavy atom. The molecule has 0 fully saturated rings. The van der Waals surface area contributed by atoms with Gasteiger partial charge in [-0.25, -0.2) is 9.59 Å². The van der Waals surface area contributed by atoms with Crippen LogP contribution in [0, 0.1) is 5.92 Å². The van der Waals surface area contributed by atoms with Gasteiger partial charge in [0.05, 0.1) is 24.3 Å². The summed E-state index contributed by atoms with van der Waals surface area (Å²) >= 11 is 0. The Labute approximate surface area is 171 Å².